The van der Waals surface area contributed by atoms with Crippen LogP contribution in [0.3, 0.4) is 0 Å². The number of nitrogens with two attached hydrogens (primary N) is 1. The minimum absolute atomic E-state index is 0.106. The van der Waals surface area contributed by atoms with Crippen molar-refractivity contribution in [3.05, 3.63) is 83.6 Å². The second-order valence-corrected chi connectivity index (χ2v) is 8.51. The zero-order chi connectivity index (χ0) is 22.2. The largest absolute Gasteiger partial charge is 0.490 e. The highest BCUT2D eigenvalue weighted by Gasteiger charge is 2.05. The van der Waals surface area contributed by atoms with E-state index in [1.165, 1.54) is 22.7 Å². The van der Waals surface area contributed by atoms with E-state index in [9.17, 15) is 0 Å². The molecule has 2 aromatic carbocycles. The summed E-state index contributed by atoms with van der Waals surface area (Å²) < 4.78 is 13.0. The number of nitrogens with one attached hydrogen (secondary N) is 1. The van der Waals surface area contributed by atoms with Gasteiger partial charge in [-0.2, -0.15) is 5.26 Å². The molecule has 7 heteroatoms. The standard InChI is InChI=1S/C12H12N2OS.C12H9NOS/c1-2-5-15-9-4-3-8-6-11(12(13)14)16-10(8)7-9;1-2-5-14-10-4-3-9-6-11(8-13)15-12(9)7-10/h2-4,6-7H,1,5H2,(H3,13,14);2-4,6-7H,1,5H2. The van der Waals surface area contributed by atoms with Crippen LogP contribution >= 0.6 is 22.7 Å². The topological polar surface area (TPSA) is 92.1 Å². The molecule has 4 aromatic rings. The molecule has 0 aliphatic rings. The van der Waals surface area contributed by atoms with E-state index in [-0.39, 0.29) is 5.84 Å². The van der Waals surface area contributed by atoms with Crippen molar-refractivity contribution in [2.75, 3.05) is 13.2 Å². The van der Waals surface area contributed by atoms with Gasteiger partial charge in [-0.1, -0.05) is 25.3 Å². The van der Waals surface area contributed by atoms with E-state index in [4.69, 9.17) is 25.9 Å². The lowest BCUT2D eigenvalue weighted by Gasteiger charge is -2.01. The molecule has 0 spiro atoms. The van der Waals surface area contributed by atoms with Crippen LogP contribution in [-0.2, 0) is 0 Å². The van der Waals surface area contributed by atoms with Crippen LogP contribution in [0, 0.1) is 16.7 Å². The van der Waals surface area contributed by atoms with Gasteiger partial charge < -0.3 is 15.2 Å². The summed E-state index contributed by atoms with van der Waals surface area (Å²) in [6, 6.07) is 17.6. The number of fused-ring (bicyclic) bond motifs is 2. The summed E-state index contributed by atoms with van der Waals surface area (Å²) in [6.07, 6.45) is 3.42. The van der Waals surface area contributed by atoms with E-state index in [1.54, 1.807) is 12.2 Å². The van der Waals surface area contributed by atoms with Crippen molar-refractivity contribution in [2.24, 2.45) is 5.73 Å². The van der Waals surface area contributed by atoms with Gasteiger partial charge in [0.2, 0.25) is 0 Å². The summed E-state index contributed by atoms with van der Waals surface area (Å²) in [4.78, 5) is 1.52. The van der Waals surface area contributed by atoms with Gasteiger partial charge in [-0.25, -0.2) is 0 Å². The van der Waals surface area contributed by atoms with Crippen molar-refractivity contribution in [1.29, 1.82) is 10.7 Å². The van der Waals surface area contributed by atoms with Gasteiger partial charge in [0.05, 0.1) is 4.88 Å². The predicted octanol–water partition coefficient (Wildman–Crippen LogP) is 6.09. The van der Waals surface area contributed by atoms with Gasteiger partial charge >= 0.3 is 0 Å². The molecule has 0 atom stereocenters. The maximum Gasteiger partial charge on any atom is 0.133 e. The SMILES string of the molecule is C=CCOc1ccc2cc(C#N)sc2c1.C=CCOc1ccc2cc(C(=N)N)sc2c1. The van der Waals surface area contributed by atoms with Gasteiger partial charge in [-0.05, 0) is 59.3 Å². The van der Waals surface area contributed by atoms with E-state index < -0.39 is 0 Å². The molecule has 0 saturated carbocycles. The van der Waals surface area contributed by atoms with Gasteiger partial charge in [-0.15, -0.1) is 22.7 Å². The van der Waals surface area contributed by atoms with Crippen molar-refractivity contribution in [3.63, 3.8) is 0 Å². The number of benzene rings is 2. The third-order valence-corrected chi connectivity index (χ3v) is 6.23. The molecule has 0 aliphatic carbocycles. The molecule has 0 saturated heterocycles. The van der Waals surface area contributed by atoms with Gasteiger partial charge in [0, 0.05) is 9.40 Å². The average molecular weight is 448 g/mol. The first-order valence-electron chi connectivity index (χ1n) is 9.33. The molecule has 4 rings (SSSR count). The molecule has 0 radical (unpaired) electrons. The van der Waals surface area contributed by atoms with Crippen LogP contribution < -0.4 is 15.2 Å². The number of nitriles is 1. The first-order valence-corrected chi connectivity index (χ1v) is 11.0. The molecule has 0 amide bonds. The zero-order valence-corrected chi connectivity index (χ0v) is 18.4. The van der Waals surface area contributed by atoms with Crippen molar-refractivity contribution < 1.29 is 9.47 Å². The van der Waals surface area contributed by atoms with Gasteiger partial charge in [0.25, 0.3) is 0 Å². The molecule has 5 nitrogen and oxygen atoms in total. The second kappa shape index (κ2) is 10.4. The molecule has 31 heavy (non-hydrogen) atoms. The molecule has 2 aromatic heterocycles. The molecular formula is C24H21N3O2S2. The zero-order valence-electron chi connectivity index (χ0n) is 16.8. The fourth-order valence-corrected chi connectivity index (χ4v) is 4.54. The molecule has 0 unspecified atom stereocenters. The highest BCUT2D eigenvalue weighted by Crippen LogP contribution is 2.29. The summed E-state index contributed by atoms with van der Waals surface area (Å²) in [5.74, 6) is 1.73. The molecular weight excluding hydrogens is 426 g/mol. The van der Waals surface area contributed by atoms with E-state index in [1.807, 2.05) is 48.5 Å². The number of nitrogens with zero attached hydrogens (tertiary/aromatic N) is 1. The molecule has 156 valence electrons. The van der Waals surface area contributed by atoms with Crippen LogP contribution in [-0.4, -0.2) is 19.0 Å². The van der Waals surface area contributed by atoms with E-state index in [0.29, 0.717) is 13.2 Å². The first kappa shape index (κ1) is 22.1. The summed E-state index contributed by atoms with van der Waals surface area (Å²) >= 11 is 2.98. The Balaban J connectivity index is 0.000000176. The summed E-state index contributed by atoms with van der Waals surface area (Å²) in [7, 11) is 0. The monoisotopic (exact) mass is 447 g/mol. The smallest absolute Gasteiger partial charge is 0.133 e. The Hall–Kier alpha value is -3.60. The highest BCUT2D eigenvalue weighted by atomic mass is 32.1. The number of nitrogen functional groups attached to an aromatic ring is 1. The van der Waals surface area contributed by atoms with Crippen LogP contribution in [0.2, 0.25) is 0 Å². The Bertz CT molecular complexity index is 1280. The van der Waals surface area contributed by atoms with Crippen LogP contribution in [0.1, 0.15) is 9.75 Å². The molecule has 0 fully saturated rings. The van der Waals surface area contributed by atoms with Crippen LogP contribution in [0.25, 0.3) is 20.2 Å². The van der Waals surface area contributed by atoms with Crippen LogP contribution in [0.5, 0.6) is 11.5 Å². The van der Waals surface area contributed by atoms with Crippen LogP contribution in [0.4, 0.5) is 0 Å². The summed E-state index contributed by atoms with van der Waals surface area (Å²) in [5, 5.41) is 18.3. The Labute approximate surface area is 188 Å². The van der Waals surface area contributed by atoms with Crippen molar-refractivity contribution in [2.45, 2.75) is 0 Å². The minimum Gasteiger partial charge on any atom is -0.490 e. The van der Waals surface area contributed by atoms with Gasteiger partial charge in [-0.3, -0.25) is 5.41 Å². The lowest BCUT2D eigenvalue weighted by molar-refractivity contribution is 0.363. The highest BCUT2D eigenvalue weighted by molar-refractivity contribution is 7.21. The van der Waals surface area contributed by atoms with Gasteiger partial charge in [0.1, 0.15) is 41.5 Å². The number of ether oxygens (including phenoxy) is 2. The maximum atomic E-state index is 8.77. The average Bonchev–Trinajstić information content (AvgIpc) is 3.39. The number of amidine groups is 1. The lowest BCUT2D eigenvalue weighted by Crippen LogP contribution is -2.08. The van der Waals surface area contributed by atoms with Crippen LogP contribution in [0.15, 0.2) is 73.8 Å². The van der Waals surface area contributed by atoms with E-state index >= 15 is 0 Å². The Morgan fingerprint density at radius 1 is 0.935 bits per heavy atom. The fourth-order valence-electron chi connectivity index (χ4n) is 2.70. The van der Waals surface area contributed by atoms with E-state index in [2.05, 4.69) is 19.2 Å². The quantitative estimate of drug-likeness (QED) is 0.204. The molecule has 0 aliphatic heterocycles. The maximum absolute atomic E-state index is 8.77. The minimum atomic E-state index is 0.106. The lowest BCUT2D eigenvalue weighted by atomic mass is 10.2. The van der Waals surface area contributed by atoms with Crippen molar-refractivity contribution in [3.8, 4) is 17.6 Å². The van der Waals surface area contributed by atoms with Crippen molar-refractivity contribution in [1.82, 2.24) is 0 Å². The Morgan fingerprint density at radius 2 is 1.48 bits per heavy atom. The number of rotatable bonds is 7. The number of hydrogen-bond acceptors (Lipinski definition) is 6. The molecule has 2 heterocycles. The van der Waals surface area contributed by atoms with E-state index in [0.717, 1.165) is 41.4 Å². The normalized spacial score (nSPS) is 10.0. The third kappa shape index (κ3) is 5.72. The Morgan fingerprint density at radius 3 is 2.00 bits per heavy atom. The third-order valence-electron chi connectivity index (χ3n) is 4.09. The summed E-state index contributed by atoms with van der Waals surface area (Å²) in [5.41, 5.74) is 5.45. The Kier molecular flexibility index (Phi) is 7.44. The van der Waals surface area contributed by atoms with Crippen molar-refractivity contribution >= 4 is 48.7 Å². The fraction of sp³-hybridized carbons (Fsp3) is 0.0833. The molecule has 0 bridgehead atoms. The second-order valence-electron chi connectivity index (χ2n) is 6.35. The molecule has 3 N–H and O–H groups in total. The number of hydrogen-bond donors (Lipinski definition) is 2. The van der Waals surface area contributed by atoms with Gasteiger partial charge in [0.15, 0.2) is 0 Å². The number of thiophene rings is 2. The predicted molar refractivity (Wildman–Crippen MR) is 131 cm³/mol. The first-order chi connectivity index (χ1) is 15.0. The summed E-state index contributed by atoms with van der Waals surface area (Å²) in [6.45, 7) is 8.19.